The Morgan fingerprint density at radius 2 is 1.82 bits per heavy atom. The van der Waals surface area contributed by atoms with Crippen molar-refractivity contribution in [2.24, 2.45) is 5.92 Å². The third-order valence-corrected chi connectivity index (χ3v) is 6.58. The Hall–Kier alpha value is -2.33. The van der Waals surface area contributed by atoms with Gasteiger partial charge >= 0.3 is 5.69 Å². The predicted molar refractivity (Wildman–Crippen MR) is 103 cm³/mol. The van der Waals surface area contributed by atoms with Crippen LogP contribution < -0.4 is 15.2 Å². The zero-order chi connectivity index (χ0) is 20.5. The first kappa shape index (κ1) is 20.4. The molecule has 0 aliphatic carbocycles. The quantitative estimate of drug-likeness (QED) is 0.704. The number of methoxy groups -OCH3 is 2. The van der Waals surface area contributed by atoms with E-state index in [1.807, 2.05) is 13.8 Å². The van der Waals surface area contributed by atoms with Crippen molar-refractivity contribution in [3.8, 4) is 11.5 Å². The molecule has 0 saturated carbocycles. The topological polar surface area (TPSA) is 95.7 Å². The largest absolute Gasteiger partial charge is 0.493 e. The van der Waals surface area contributed by atoms with Gasteiger partial charge in [0, 0.05) is 38.7 Å². The van der Waals surface area contributed by atoms with Gasteiger partial charge in [0.1, 0.15) is 5.82 Å². The molecule has 0 unspecified atom stereocenters. The van der Waals surface area contributed by atoms with Crippen molar-refractivity contribution in [1.82, 2.24) is 18.7 Å². The number of nitrogens with zero attached hydrogens (tertiary/aromatic N) is 4. The molecular formula is C18H26N4O5S. The van der Waals surface area contributed by atoms with Crippen LogP contribution in [0.5, 0.6) is 11.5 Å². The van der Waals surface area contributed by atoms with E-state index in [0.717, 1.165) is 0 Å². The lowest BCUT2D eigenvalue weighted by atomic mass is 10.2. The molecule has 0 N–H and O–H groups in total. The van der Waals surface area contributed by atoms with Crippen molar-refractivity contribution >= 4 is 10.0 Å². The molecule has 10 heteroatoms. The van der Waals surface area contributed by atoms with Gasteiger partial charge in [0.25, 0.3) is 0 Å². The summed E-state index contributed by atoms with van der Waals surface area (Å²) in [5.41, 5.74) is -0.186. The number of benzene rings is 1. The second-order valence-electron chi connectivity index (χ2n) is 7.10. The Morgan fingerprint density at radius 1 is 1.11 bits per heavy atom. The molecule has 1 aliphatic heterocycles. The van der Waals surface area contributed by atoms with Crippen LogP contribution in [0.3, 0.4) is 0 Å². The molecule has 0 radical (unpaired) electrons. The first-order valence-electron chi connectivity index (χ1n) is 9.16. The SMILES string of the molecule is COc1ccc(S(=O)(=O)N2CCc3nn(CC(C)C)c(=O)n3CC2)cc1OC. The van der Waals surface area contributed by atoms with Crippen LogP contribution in [0.1, 0.15) is 19.7 Å². The molecule has 9 nitrogen and oxygen atoms in total. The molecule has 0 fully saturated rings. The molecule has 0 spiro atoms. The predicted octanol–water partition coefficient (Wildman–Crippen LogP) is 0.965. The summed E-state index contributed by atoms with van der Waals surface area (Å²) in [4.78, 5) is 12.7. The molecule has 154 valence electrons. The van der Waals surface area contributed by atoms with Crippen molar-refractivity contribution in [3.05, 3.63) is 34.5 Å². The molecule has 2 heterocycles. The Morgan fingerprint density at radius 3 is 2.46 bits per heavy atom. The molecule has 1 aromatic carbocycles. The maximum atomic E-state index is 13.1. The van der Waals surface area contributed by atoms with Crippen molar-refractivity contribution in [3.63, 3.8) is 0 Å². The standard InChI is InChI=1S/C18H26N4O5S/c1-13(2)12-22-18(23)21-10-9-20(8-7-17(21)19-22)28(24,25)14-5-6-15(26-3)16(11-14)27-4/h5-6,11,13H,7-10,12H2,1-4H3. The Bertz CT molecular complexity index is 1010. The van der Waals surface area contributed by atoms with Gasteiger partial charge in [-0.3, -0.25) is 4.57 Å². The summed E-state index contributed by atoms with van der Waals surface area (Å²) in [6.07, 6.45) is 0.382. The van der Waals surface area contributed by atoms with Gasteiger partial charge in [0.15, 0.2) is 11.5 Å². The van der Waals surface area contributed by atoms with Gasteiger partial charge in [-0.15, -0.1) is 0 Å². The Balaban J connectivity index is 1.85. The first-order chi connectivity index (χ1) is 13.3. The number of ether oxygens (including phenoxy) is 2. The molecule has 3 rings (SSSR count). The third kappa shape index (κ3) is 3.79. The van der Waals surface area contributed by atoms with Crippen LogP contribution in [-0.4, -0.2) is 54.4 Å². The van der Waals surface area contributed by atoms with Crippen molar-refractivity contribution in [2.45, 2.75) is 38.3 Å². The molecular weight excluding hydrogens is 384 g/mol. The van der Waals surface area contributed by atoms with Crippen LogP contribution in [0, 0.1) is 5.92 Å². The normalized spacial score (nSPS) is 15.3. The van der Waals surface area contributed by atoms with Crippen LogP contribution >= 0.6 is 0 Å². The first-order valence-corrected chi connectivity index (χ1v) is 10.6. The van der Waals surface area contributed by atoms with Gasteiger partial charge < -0.3 is 9.47 Å². The minimum Gasteiger partial charge on any atom is -0.493 e. The van der Waals surface area contributed by atoms with Crippen LogP contribution in [-0.2, 0) is 29.5 Å². The van der Waals surface area contributed by atoms with Crippen molar-refractivity contribution < 1.29 is 17.9 Å². The Labute approximate surface area is 164 Å². The minimum atomic E-state index is -3.73. The molecule has 28 heavy (non-hydrogen) atoms. The summed E-state index contributed by atoms with van der Waals surface area (Å²) in [7, 11) is -0.779. The maximum absolute atomic E-state index is 13.1. The van der Waals surface area contributed by atoms with Crippen molar-refractivity contribution in [1.29, 1.82) is 0 Å². The fraction of sp³-hybridized carbons (Fsp3) is 0.556. The van der Waals surface area contributed by atoms with Crippen molar-refractivity contribution in [2.75, 3.05) is 27.3 Å². The highest BCUT2D eigenvalue weighted by Crippen LogP contribution is 2.30. The molecule has 1 aliphatic rings. The number of hydrogen-bond acceptors (Lipinski definition) is 6. The summed E-state index contributed by atoms with van der Waals surface area (Å²) in [6.45, 7) is 5.33. The van der Waals surface area contributed by atoms with E-state index in [-0.39, 0.29) is 30.2 Å². The number of sulfonamides is 1. The highest BCUT2D eigenvalue weighted by molar-refractivity contribution is 7.89. The molecule has 0 amide bonds. The average molecular weight is 410 g/mol. The van der Waals surface area contributed by atoms with Gasteiger partial charge in [0.05, 0.1) is 19.1 Å². The fourth-order valence-electron chi connectivity index (χ4n) is 3.27. The van der Waals surface area contributed by atoms with E-state index in [1.165, 1.54) is 35.3 Å². The van der Waals surface area contributed by atoms with Crippen LogP contribution in [0.15, 0.2) is 27.9 Å². The van der Waals surface area contributed by atoms with Crippen LogP contribution in [0.4, 0.5) is 0 Å². The third-order valence-electron chi connectivity index (χ3n) is 4.69. The zero-order valence-corrected chi connectivity index (χ0v) is 17.4. The van der Waals surface area contributed by atoms with E-state index in [2.05, 4.69) is 5.10 Å². The lowest BCUT2D eigenvalue weighted by Crippen LogP contribution is -2.35. The maximum Gasteiger partial charge on any atom is 0.345 e. The number of fused-ring (bicyclic) bond motifs is 1. The van der Waals surface area contributed by atoms with E-state index in [0.29, 0.717) is 36.2 Å². The molecule has 0 atom stereocenters. The van der Waals surface area contributed by atoms with Gasteiger partial charge in [-0.2, -0.15) is 9.40 Å². The second kappa shape index (κ2) is 7.96. The summed E-state index contributed by atoms with van der Waals surface area (Å²) in [6, 6.07) is 4.52. The molecule has 1 aromatic heterocycles. The summed E-state index contributed by atoms with van der Waals surface area (Å²) in [5.74, 6) is 1.74. The van der Waals surface area contributed by atoms with E-state index < -0.39 is 10.0 Å². The lowest BCUT2D eigenvalue weighted by Gasteiger charge is -2.20. The monoisotopic (exact) mass is 410 g/mol. The highest BCUT2D eigenvalue weighted by Gasteiger charge is 2.29. The second-order valence-corrected chi connectivity index (χ2v) is 9.04. The summed E-state index contributed by atoms with van der Waals surface area (Å²) in [5, 5.41) is 4.40. The lowest BCUT2D eigenvalue weighted by molar-refractivity contribution is 0.353. The van der Waals surface area contributed by atoms with Gasteiger partial charge in [-0.1, -0.05) is 13.8 Å². The highest BCUT2D eigenvalue weighted by atomic mass is 32.2. The van der Waals surface area contributed by atoms with Crippen LogP contribution in [0.2, 0.25) is 0 Å². The molecule has 2 aromatic rings. The van der Waals surface area contributed by atoms with E-state index in [1.54, 1.807) is 10.6 Å². The Kier molecular flexibility index (Phi) is 5.80. The zero-order valence-electron chi connectivity index (χ0n) is 16.6. The summed E-state index contributed by atoms with van der Waals surface area (Å²) >= 11 is 0. The fourth-order valence-corrected chi connectivity index (χ4v) is 4.72. The molecule has 0 bridgehead atoms. The number of rotatable bonds is 6. The average Bonchev–Trinajstić information content (AvgIpc) is 2.83. The van der Waals surface area contributed by atoms with E-state index in [4.69, 9.17) is 9.47 Å². The smallest absolute Gasteiger partial charge is 0.345 e. The van der Waals surface area contributed by atoms with Gasteiger partial charge in [-0.25, -0.2) is 17.9 Å². The van der Waals surface area contributed by atoms with Gasteiger partial charge in [-0.05, 0) is 18.1 Å². The van der Waals surface area contributed by atoms with E-state index in [9.17, 15) is 13.2 Å². The number of hydrogen-bond donors (Lipinski definition) is 0. The number of aromatic nitrogens is 3. The summed E-state index contributed by atoms with van der Waals surface area (Å²) < 4.78 is 41.0. The van der Waals surface area contributed by atoms with Crippen LogP contribution in [0.25, 0.3) is 0 Å². The minimum absolute atomic E-state index is 0.127. The molecule has 0 saturated heterocycles. The van der Waals surface area contributed by atoms with E-state index >= 15 is 0 Å². The van der Waals surface area contributed by atoms with Gasteiger partial charge in [0.2, 0.25) is 10.0 Å².